The summed E-state index contributed by atoms with van der Waals surface area (Å²) in [5.41, 5.74) is 0.0590. The molecule has 0 saturated heterocycles. The number of carbonyl (C=O) groups excluding carboxylic acids is 2. The molecule has 0 aliphatic rings. The topological polar surface area (TPSA) is 141 Å². The molecule has 3 aromatic rings. The predicted octanol–water partition coefficient (Wildman–Crippen LogP) is 5.38. The number of nitro benzene ring substituents is 1. The summed E-state index contributed by atoms with van der Waals surface area (Å²) in [6, 6.07) is 8.31. The molecule has 0 aliphatic heterocycles. The fourth-order valence-electron chi connectivity index (χ4n) is 3.57. The predicted molar refractivity (Wildman–Crippen MR) is 146 cm³/mol. The fourth-order valence-corrected chi connectivity index (χ4v) is 4.87. The normalized spacial score (nSPS) is 11.8. The molecule has 1 aromatic heterocycles. The Morgan fingerprint density at radius 2 is 1.92 bits per heavy atom. The minimum Gasteiger partial charge on any atom is -0.496 e. The average Bonchev–Trinajstić information content (AvgIpc) is 3.28. The van der Waals surface area contributed by atoms with E-state index in [9.17, 15) is 19.7 Å². The van der Waals surface area contributed by atoms with Crippen molar-refractivity contribution < 1.29 is 19.2 Å². The third-order valence-corrected chi connectivity index (χ3v) is 6.99. The Morgan fingerprint density at radius 3 is 2.53 bits per heavy atom. The van der Waals surface area contributed by atoms with Crippen molar-refractivity contribution in [3.05, 3.63) is 67.9 Å². The summed E-state index contributed by atoms with van der Waals surface area (Å²) in [4.78, 5) is 36.4. The van der Waals surface area contributed by atoms with E-state index in [1.54, 1.807) is 12.1 Å². The SMILES string of the molecule is CCn1c(SCC(=O)Nc2ccc(OC)cc2[N+](=O)[O-])nnc1[C@H](NC(=O)c1ccc(Cl)cc1Cl)C(C)C. The number of methoxy groups -OCH3 is 1. The summed E-state index contributed by atoms with van der Waals surface area (Å²) < 4.78 is 6.82. The van der Waals surface area contributed by atoms with Gasteiger partial charge in [-0.25, -0.2) is 0 Å². The van der Waals surface area contributed by atoms with Crippen LogP contribution >= 0.6 is 35.0 Å². The van der Waals surface area contributed by atoms with Crippen LogP contribution in [-0.2, 0) is 11.3 Å². The number of hydrogen-bond donors (Lipinski definition) is 2. The van der Waals surface area contributed by atoms with Crippen molar-refractivity contribution in [1.82, 2.24) is 20.1 Å². The Labute approximate surface area is 233 Å². The second kappa shape index (κ2) is 12.9. The van der Waals surface area contributed by atoms with E-state index in [1.807, 2.05) is 25.3 Å². The van der Waals surface area contributed by atoms with E-state index in [-0.39, 0.29) is 39.5 Å². The van der Waals surface area contributed by atoms with Crippen LogP contribution in [0.15, 0.2) is 41.6 Å². The van der Waals surface area contributed by atoms with Gasteiger partial charge in [0.1, 0.15) is 11.4 Å². The first-order chi connectivity index (χ1) is 18.0. The maximum Gasteiger partial charge on any atom is 0.296 e. The number of thioether (sulfide) groups is 1. The molecular weight excluding hydrogens is 555 g/mol. The van der Waals surface area contributed by atoms with Crippen LogP contribution in [0.2, 0.25) is 10.0 Å². The van der Waals surface area contributed by atoms with E-state index < -0.39 is 16.9 Å². The van der Waals surface area contributed by atoms with Gasteiger partial charge in [0.15, 0.2) is 11.0 Å². The molecule has 0 aliphatic carbocycles. The third-order valence-electron chi connectivity index (χ3n) is 5.48. The number of nitrogens with zero attached hydrogens (tertiary/aromatic N) is 4. The minimum atomic E-state index is -0.594. The van der Waals surface area contributed by atoms with Crippen LogP contribution in [0.3, 0.4) is 0 Å². The Morgan fingerprint density at radius 1 is 1.18 bits per heavy atom. The summed E-state index contributed by atoms with van der Waals surface area (Å²) in [7, 11) is 1.40. The van der Waals surface area contributed by atoms with E-state index in [0.29, 0.717) is 28.3 Å². The monoisotopic (exact) mass is 580 g/mol. The number of ether oxygens (including phenoxy) is 1. The third kappa shape index (κ3) is 6.94. The molecule has 14 heteroatoms. The van der Waals surface area contributed by atoms with Crippen molar-refractivity contribution in [1.29, 1.82) is 0 Å². The number of benzene rings is 2. The van der Waals surface area contributed by atoms with Crippen molar-refractivity contribution in [3.63, 3.8) is 0 Å². The highest BCUT2D eigenvalue weighted by molar-refractivity contribution is 7.99. The van der Waals surface area contributed by atoms with Gasteiger partial charge >= 0.3 is 0 Å². The van der Waals surface area contributed by atoms with E-state index in [1.165, 1.54) is 31.4 Å². The minimum absolute atomic E-state index is 0.0451. The lowest BCUT2D eigenvalue weighted by Crippen LogP contribution is -2.34. The van der Waals surface area contributed by atoms with Gasteiger partial charge in [-0.2, -0.15) is 0 Å². The summed E-state index contributed by atoms with van der Waals surface area (Å²) in [5.74, 6) is -0.128. The van der Waals surface area contributed by atoms with Gasteiger partial charge in [0, 0.05) is 11.6 Å². The number of anilines is 1. The smallest absolute Gasteiger partial charge is 0.296 e. The van der Waals surface area contributed by atoms with Crippen LogP contribution in [0.1, 0.15) is 43.0 Å². The van der Waals surface area contributed by atoms with Crippen LogP contribution in [0.4, 0.5) is 11.4 Å². The Hall–Kier alpha value is -3.35. The summed E-state index contributed by atoms with van der Waals surface area (Å²) in [5, 5.41) is 26.6. The number of hydrogen-bond acceptors (Lipinski definition) is 8. The molecule has 0 radical (unpaired) electrons. The molecule has 0 fully saturated rings. The number of halogens is 2. The van der Waals surface area contributed by atoms with Crippen molar-refractivity contribution in [2.45, 2.75) is 38.5 Å². The molecule has 3 rings (SSSR count). The highest BCUT2D eigenvalue weighted by atomic mass is 35.5. The number of carbonyl (C=O) groups is 2. The summed E-state index contributed by atoms with van der Waals surface area (Å²) in [6.45, 7) is 6.25. The Balaban J connectivity index is 1.74. The molecule has 0 bridgehead atoms. The van der Waals surface area contributed by atoms with Gasteiger partial charge < -0.3 is 19.9 Å². The number of rotatable bonds is 11. The quantitative estimate of drug-likeness (QED) is 0.175. The standard InChI is InChI=1S/C24H26Cl2N6O5S/c1-5-31-22(21(13(2)3)28-23(34)16-8-6-14(25)10-17(16)26)29-30-24(31)38-12-20(33)27-18-9-7-15(37-4)11-19(18)32(35)36/h6-11,13,21H,5,12H2,1-4H3,(H,27,33)(H,28,34)/t21-/m1/s1. The van der Waals surface area contributed by atoms with Gasteiger partial charge in [0.05, 0.1) is 40.5 Å². The van der Waals surface area contributed by atoms with E-state index in [2.05, 4.69) is 20.8 Å². The first kappa shape index (κ1) is 29.2. The van der Waals surface area contributed by atoms with Gasteiger partial charge in [-0.3, -0.25) is 19.7 Å². The van der Waals surface area contributed by atoms with Crippen molar-refractivity contribution in [2.75, 3.05) is 18.2 Å². The van der Waals surface area contributed by atoms with Crippen LogP contribution in [0, 0.1) is 16.0 Å². The molecule has 1 heterocycles. The average molecular weight is 581 g/mol. The molecule has 0 spiro atoms. The Kier molecular flexibility index (Phi) is 9.95. The second-order valence-electron chi connectivity index (χ2n) is 8.38. The maximum absolute atomic E-state index is 13.0. The van der Waals surface area contributed by atoms with Crippen LogP contribution in [0.5, 0.6) is 5.75 Å². The zero-order valence-electron chi connectivity index (χ0n) is 21.0. The number of nitro groups is 1. The number of amides is 2. The fraction of sp³-hybridized carbons (Fsp3) is 0.333. The van der Waals surface area contributed by atoms with Crippen LogP contribution in [-0.4, -0.2) is 44.4 Å². The largest absolute Gasteiger partial charge is 0.496 e. The highest BCUT2D eigenvalue weighted by Gasteiger charge is 2.27. The van der Waals surface area contributed by atoms with Gasteiger partial charge in [0.2, 0.25) is 5.91 Å². The molecule has 11 nitrogen and oxygen atoms in total. The van der Waals surface area contributed by atoms with Crippen LogP contribution < -0.4 is 15.4 Å². The van der Waals surface area contributed by atoms with Gasteiger partial charge in [-0.15, -0.1) is 10.2 Å². The number of aromatic nitrogens is 3. The second-order valence-corrected chi connectivity index (χ2v) is 10.2. The van der Waals surface area contributed by atoms with E-state index in [0.717, 1.165) is 11.8 Å². The molecule has 202 valence electrons. The van der Waals surface area contributed by atoms with E-state index >= 15 is 0 Å². The zero-order chi connectivity index (χ0) is 28.0. The summed E-state index contributed by atoms with van der Waals surface area (Å²) >= 11 is 13.3. The molecule has 0 saturated carbocycles. The lowest BCUT2D eigenvalue weighted by Gasteiger charge is -2.22. The van der Waals surface area contributed by atoms with Crippen molar-refractivity contribution >= 4 is 58.2 Å². The van der Waals surface area contributed by atoms with Crippen molar-refractivity contribution in [3.8, 4) is 5.75 Å². The molecule has 1 atom stereocenters. The highest BCUT2D eigenvalue weighted by Crippen LogP contribution is 2.30. The van der Waals surface area contributed by atoms with E-state index in [4.69, 9.17) is 27.9 Å². The van der Waals surface area contributed by atoms with Gasteiger partial charge in [-0.05, 0) is 43.2 Å². The first-order valence-corrected chi connectivity index (χ1v) is 13.2. The molecule has 2 aromatic carbocycles. The Bertz CT molecular complexity index is 1350. The van der Waals surface area contributed by atoms with Gasteiger partial charge in [0.25, 0.3) is 11.6 Å². The molecule has 38 heavy (non-hydrogen) atoms. The number of nitrogens with one attached hydrogen (secondary N) is 2. The molecule has 2 N–H and O–H groups in total. The lowest BCUT2D eigenvalue weighted by atomic mass is 10.0. The first-order valence-electron chi connectivity index (χ1n) is 11.5. The molecule has 0 unspecified atom stereocenters. The molecular formula is C24H26Cl2N6O5S. The van der Waals surface area contributed by atoms with Crippen LogP contribution in [0.25, 0.3) is 0 Å². The zero-order valence-corrected chi connectivity index (χ0v) is 23.4. The maximum atomic E-state index is 13.0. The molecule has 2 amide bonds. The van der Waals surface area contributed by atoms with Crippen molar-refractivity contribution in [2.24, 2.45) is 5.92 Å². The summed E-state index contributed by atoms with van der Waals surface area (Å²) in [6.07, 6.45) is 0. The lowest BCUT2D eigenvalue weighted by molar-refractivity contribution is -0.384. The van der Waals surface area contributed by atoms with Gasteiger partial charge in [-0.1, -0.05) is 48.8 Å².